The van der Waals surface area contributed by atoms with E-state index in [1.54, 1.807) is 6.07 Å². The standard InChI is InChI=1S/C13H18N4O2S/c1-15-10-11-4-7-17(8-5-11)20(18,19)13-3-2-6-16-12(13)9-14/h2-3,6,11,15H,4-5,7-8,10H2,1H3. The summed E-state index contributed by atoms with van der Waals surface area (Å²) in [6.07, 6.45) is 3.10. The lowest BCUT2D eigenvalue weighted by Crippen LogP contribution is -2.40. The third-order valence-corrected chi connectivity index (χ3v) is 5.49. The molecular weight excluding hydrogens is 276 g/mol. The van der Waals surface area contributed by atoms with Crippen molar-refractivity contribution in [1.29, 1.82) is 5.26 Å². The van der Waals surface area contributed by atoms with Gasteiger partial charge in [0.25, 0.3) is 0 Å². The highest BCUT2D eigenvalue weighted by atomic mass is 32.2. The van der Waals surface area contributed by atoms with E-state index < -0.39 is 10.0 Å². The van der Waals surface area contributed by atoms with Crippen LogP contribution in [0.3, 0.4) is 0 Å². The minimum Gasteiger partial charge on any atom is -0.319 e. The zero-order valence-corrected chi connectivity index (χ0v) is 12.2. The predicted octanol–water partition coefficient (Wildman–Crippen LogP) is 0.573. The van der Waals surface area contributed by atoms with Crippen molar-refractivity contribution in [2.75, 3.05) is 26.7 Å². The van der Waals surface area contributed by atoms with E-state index >= 15 is 0 Å². The Bertz CT molecular complexity index is 601. The monoisotopic (exact) mass is 294 g/mol. The van der Waals surface area contributed by atoms with Gasteiger partial charge in [-0.25, -0.2) is 13.4 Å². The summed E-state index contributed by atoms with van der Waals surface area (Å²) in [7, 11) is -1.71. The molecule has 20 heavy (non-hydrogen) atoms. The fourth-order valence-corrected chi connectivity index (χ4v) is 4.03. The summed E-state index contributed by atoms with van der Waals surface area (Å²) >= 11 is 0. The van der Waals surface area contributed by atoms with Crippen LogP contribution in [0.5, 0.6) is 0 Å². The highest BCUT2D eigenvalue weighted by Crippen LogP contribution is 2.24. The lowest BCUT2D eigenvalue weighted by Gasteiger charge is -2.31. The number of pyridine rings is 1. The molecule has 1 aliphatic rings. The fraction of sp³-hybridized carbons (Fsp3) is 0.538. The van der Waals surface area contributed by atoms with Gasteiger partial charge in [-0.1, -0.05) is 0 Å². The molecule has 0 aromatic carbocycles. The van der Waals surface area contributed by atoms with Crippen LogP contribution in [-0.4, -0.2) is 44.4 Å². The van der Waals surface area contributed by atoms with E-state index in [4.69, 9.17) is 5.26 Å². The topological polar surface area (TPSA) is 86.1 Å². The lowest BCUT2D eigenvalue weighted by atomic mass is 9.98. The van der Waals surface area contributed by atoms with Crippen LogP contribution < -0.4 is 5.32 Å². The first kappa shape index (κ1) is 14.9. The highest BCUT2D eigenvalue weighted by molar-refractivity contribution is 7.89. The molecule has 6 nitrogen and oxygen atoms in total. The Kier molecular flexibility index (Phi) is 4.70. The van der Waals surface area contributed by atoms with Gasteiger partial charge >= 0.3 is 0 Å². The number of rotatable bonds is 4. The van der Waals surface area contributed by atoms with E-state index in [1.807, 2.05) is 13.1 Å². The van der Waals surface area contributed by atoms with Crippen molar-refractivity contribution < 1.29 is 8.42 Å². The molecule has 2 rings (SSSR count). The summed E-state index contributed by atoms with van der Waals surface area (Å²) in [5.41, 5.74) is -0.0372. The summed E-state index contributed by atoms with van der Waals surface area (Å²) in [5.74, 6) is 0.510. The van der Waals surface area contributed by atoms with Gasteiger partial charge in [0.2, 0.25) is 10.0 Å². The Hall–Kier alpha value is -1.49. The number of nitrogens with zero attached hydrogens (tertiary/aromatic N) is 3. The Morgan fingerprint density at radius 3 is 2.80 bits per heavy atom. The van der Waals surface area contributed by atoms with Crippen molar-refractivity contribution in [2.24, 2.45) is 5.92 Å². The number of nitriles is 1. The molecule has 1 aliphatic heterocycles. The smallest absolute Gasteiger partial charge is 0.245 e. The van der Waals surface area contributed by atoms with Crippen LogP contribution in [0.25, 0.3) is 0 Å². The van der Waals surface area contributed by atoms with Crippen LogP contribution in [0.2, 0.25) is 0 Å². The molecule has 1 N–H and O–H groups in total. The van der Waals surface area contributed by atoms with E-state index in [-0.39, 0.29) is 10.6 Å². The highest BCUT2D eigenvalue weighted by Gasteiger charge is 2.31. The maximum Gasteiger partial charge on any atom is 0.245 e. The van der Waals surface area contributed by atoms with Crippen molar-refractivity contribution in [3.8, 4) is 6.07 Å². The molecule has 7 heteroatoms. The van der Waals surface area contributed by atoms with E-state index in [0.717, 1.165) is 19.4 Å². The first-order valence-corrected chi connectivity index (χ1v) is 8.03. The molecule has 1 aromatic heterocycles. The second kappa shape index (κ2) is 6.31. The molecule has 0 saturated carbocycles. The first-order chi connectivity index (χ1) is 9.59. The van der Waals surface area contributed by atoms with Crippen molar-refractivity contribution in [3.63, 3.8) is 0 Å². The van der Waals surface area contributed by atoms with E-state index in [1.165, 1.54) is 16.6 Å². The molecular formula is C13H18N4O2S. The number of sulfonamides is 1. The van der Waals surface area contributed by atoms with E-state index in [2.05, 4.69) is 10.3 Å². The SMILES string of the molecule is CNCC1CCN(S(=O)(=O)c2cccnc2C#N)CC1. The second-order valence-corrected chi connectivity index (χ2v) is 6.77. The van der Waals surface area contributed by atoms with Crippen molar-refractivity contribution in [2.45, 2.75) is 17.7 Å². The molecule has 0 unspecified atom stereocenters. The van der Waals surface area contributed by atoms with Crippen LogP contribution in [0.15, 0.2) is 23.2 Å². The molecule has 0 spiro atoms. The first-order valence-electron chi connectivity index (χ1n) is 6.59. The molecule has 1 saturated heterocycles. The summed E-state index contributed by atoms with van der Waals surface area (Å²) in [4.78, 5) is 3.83. The zero-order valence-electron chi connectivity index (χ0n) is 11.4. The Balaban J connectivity index is 2.18. The Labute approximate surface area is 119 Å². The normalized spacial score (nSPS) is 17.8. The average Bonchev–Trinajstić information content (AvgIpc) is 2.48. The average molecular weight is 294 g/mol. The molecule has 2 heterocycles. The van der Waals surface area contributed by atoms with E-state index in [9.17, 15) is 8.42 Å². The van der Waals surface area contributed by atoms with Crippen molar-refractivity contribution in [3.05, 3.63) is 24.0 Å². The van der Waals surface area contributed by atoms with Gasteiger partial charge in [0.15, 0.2) is 5.69 Å². The molecule has 1 fully saturated rings. The molecule has 0 atom stereocenters. The summed E-state index contributed by atoms with van der Waals surface area (Å²) in [6.45, 7) is 1.90. The van der Waals surface area contributed by atoms with Crippen LogP contribution in [0.1, 0.15) is 18.5 Å². The van der Waals surface area contributed by atoms with Crippen molar-refractivity contribution >= 4 is 10.0 Å². The lowest BCUT2D eigenvalue weighted by molar-refractivity contribution is 0.270. The van der Waals surface area contributed by atoms with Gasteiger partial charge in [-0.2, -0.15) is 9.57 Å². The summed E-state index contributed by atoms with van der Waals surface area (Å²) in [5, 5.41) is 12.1. The quantitative estimate of drug-likeness (QED) is 0.877. The van der Waals surface area contributed by atoms with Gasteiger partial charge in [-0.05, 0) is 44.5 Å². The van der Waals surface area contributed by atoms with Crippen LogP contribution in [0.4, 0.5) is 0 Å². The van der Waals surface area contributed by atoms with Gasteiger partial charge in [-0.15, -0.1) is 0 Å². The van der Waals surface area contributed by atoms with Crippen LogP contribution >= 0.6 is 0 Å². The fourth-order valence-electron chi connectivity index (χ4n) is 2.46. The molecule has 0 radical (unpaired) electrons. The number of piperidine rings is 1. The third kappa shape index (κ3) is 2.98. The zero-order chi connectivity index (χ0) is 14.6. The maximum atomic E-state index is 12.6. The molecule has 0 amide bonds. The van der Waals surface area contributed by atoms with Gasteiger partial charge in [0, 0.05) is 19.3 Å². The number of hydrogen-bond acceptors (Lipinski definition) is 5. The Morgan fingerprint density at radius 2 is 2.20 bits per heavy atom. The minimum absolute atomic E-state index is 0.00886. The molecule has 0 bridgehead atoms. The van der Waals surface area contributed by atoms with Gasteiger partial charge in [0.1, 0.15) is 11.0 Å². The number of hydrogen-bond donors (Lipinski definition) is 1. The van der Waals surface area contributed by atoms with Crippen molar-refractivity contribution in [1.82, 2.24) is 14.6 Å². The number of aromatic nitrogens is 1. The minimum atomic E-state index is -3.62. The summed E-state index contributed by atoms with van der Waals surface area (Å²) in [6, 6.07) is 4.83. The molecule has 1 aromatic rings. The summed E-state index contributed by atoms with van der Waals surface area (Å²) < 4.78 is 26.6. The molecule has 108 valence electrons. The van der Waals surface area contributed by atoms with Gasteiger partial charge in [-0.3, -0.25) is 0 Å². The Morgan fingerprint density at radius 1 is 1.50 bits per heavy atom. The number of nitrogens with one attached hydrogen (secondary N) is 1. The maximum absolute atomic E-state index is 12.6. The van der Waals surface area contributed by atoms with Crippen LogP contribution in [-0.2, 0) is 10.0 Å². The van der Waals surface area contributed by atoms with Crippen LogP contribution in [0, 0.1) is 17.2 Å². The third-order valence-electron chi connectivity index (χ3n) is 3.56. The van der Waals surface area contributed by atoms with Gasteiger partial charge < -0.3 is 5.32 Å². The predicted molar refractivity (Wildman–Crippen MR) is 74.4 cm³/mol. The molecule has 0 aliphatic carbocycles. The van der Waals surface area contributed by atoms with E-state index in [0.29, 0.717) is 19.0 Å². The largest absolute Gasteiger partial charge is 0.319 e. The second-order valence-electron chi connectivity index (χ2n) is 4.87. The van der Waals surface area contributed by atoms with Gasteiger partial charge in [0.05, 0.1) is 0 Å².